The minimum atomic E-state index is -0.462. The van der Waals surface area contributed by atoms with E-state index in [4.69, 9.17) is 0 Å². The van der Waals surface area contributed by atoms with Gasteiger partial charge in [0, 0.05) is 10.1 Å². The van der Waals surface area contributed by atoms with Crippen LogP contribution in [0.2, 0.25) is 0 Å². The van der Waals surface area contributed by atoms with Crippen molar-refractivity contribution < 1.29 is 18.8 Å². The van der Waals surface area contributed by atoms with Gasteiger partial charge < -0.3 is 4.90 Å². The van der Waals surface area contributed by atoms with Gasteiger partial charge in [0.25, 0.3) is 17.7 Å². The van der Waals surface area contributed by atoms with E-state index in [9.17, 15) is 18.8 Å². The molecule has 2 atom stereocenters. The number of rotatable bonds is 3. The van der Waals surface area contributed by atoms with Crippen molar-refractivity contribution in [1.29, 1.82) is 0 Å². The summed E-state index contributed by atoms with van der Waals surface area (Å²) < 4.78 is 14.4. The van der Waals surface area contributed by atoms with Gasteiger partial charge >= 0.3 is 0 Å². The van der Waals surface area contributed by atoms with Gasteiger partial charge in [-0.25, -0.2) is 4.39 Å². The number of hydrogen-bond acceptors (Lipinski definition) is 3. The van der Waals surface area contributed by atoms with E-state index in [1.165, 1.54) is 17.0 Å². The summed E-state index contributed by atoms with van der Waals surface area (Å²) in [7, 11) is 0. The van der Waals surface area contributed by atoms with Crippen LogP contribution in [0.4, 0.5) is 4.39 Å². The van der Waals surface area contributed by atoms with Crippen LogP contribution in [0.15, 0.2) is 42.5 Å². The number of hydrogen-bond donors (Lipinski definition) is 0. The van der Waals surface area contributed by atoms with Crippen molar-refractivity contribution >= 4 is 40.3 Å². The predicted molar refractivity (Wildman–Crippen MR) is 114 cm³/mol. The molecule has 0 N–H and O–H groups in total. The highest BCUT2D eigenvalue weighted by Crippen LogP contribution is 2.30. The Bertz CT molecular complexity index is 974. The summed E-state index contributed by atoms with van der Waals surface area (Å²) in [6.07, 6.45) is 1.73. The lowest BCUT2D eigenvalue weighted by molar-refractivity contribution is 0.0368. The Hall–Kier alpha value is -2.29. The first-order chi connectivity index (χ1) is 13.9. The number of carbonyl (C=O) groups is 3. The summed E-state index contributed by atoms with van der Waals surface area (Å²) in [6, 6.07) is 10.6. The van der Waals surface area contributed by atoms with Gasteiger partial charge in [-0.1, -0.05) is 19.1 Å². The molecule has 0 aliphatic carbocycles. The number of amides is 3. The number of fused-ring (bicyclic) bond motifs is 1. The van der Waals surface area contributed by atoms with Crippen LogP contribution in [0.1, 0.15) is 50.8 Å². The van der Waals surface area contributed by atoms with E-state index >= 15 is 0 Å². The van der Waals surface area contributed by atoms with Crippen molar-refractivity contribution in [3.05, 3.63) is 68.5 Å². The van der Waals surface area contributed by atoms with E-state index in [0.717, 1.165) is 12.8 Å². The van der Waals surface area contributed by atoms with Crippen molar-refractivity contribution in [3.8, 4) is 0 Å². The molecule has 29 heavy (non-hydrogen) atoms. The first kappa shape index (κ1) is 20.0. The third-order valence-corrected chi connectivity index (χ3v) is 6.72. The van der Waals surface area contributed by atoms with Gasteiger partial charge in [-0.3, -0.25) is 19.3 Å². The first-order valence-electron chi connectivity index (χ1n) is 9.59. The summed E-state index contributed by atoms with van der Waals surface area (Å²) in [5.41, 5.74) is 1.11. The van der Waals surface area contributed by atoms with E-state index in [0.29, 0.717) is 26.8 Å². The monoisotopic (exact) mass is 506 g/mol. The number of carbonyl (C=O) groups excluding carboxylic acids is 3. The lowest BCUT2D eigenvalue weighted by Gasteiger charge is -2.41. The summed E-state index contributed by atoms with van der Waals surface area (Å²) in [6.45, 7) is 2.69. The second kappa shape index (κ2) is 7.85. The van der Waals surface area contributed by atoms with E-state index in [2.05, 4.69) is 0 Å². The summed E-state index contributed by atoms with van der Waals surface area (Å²) in [4.78, 5) is 41.8. The molecule has 2 unspecified atom stereocenters. The molecule has 0 aromatic heterocycles. The maximum absolute atomic E-state index is 13.8. The van der Waals surface area contributed by atoms with Gasteiger partial charge in [0.15, 0.2) is 0 Å². The molecule has 0 radical (unpaired) electrons. The molecule has 1 fully saturated rings. The van der Waals surface area contributed by atoms with E-state index in [-0.39, 0.29) is 36.2 Å². The molecule has 4 rings (SSSR count). The molecule has 1 saturated heterocycles. The number of likely N-dealkylation sites (tertiary alicyclic amines) is 1. The predicted octanol–water partition coefficient (Wildman–Crippen LogP) is 3.97. The minimum Gasteiger partial charge on any atom is -0.334 e. The zero-order valence-corrected chi connectivity index (χ0v) is 18.1. The summed E-state index contributed by atoms with van der Waals surface area (Å²) in [5.74, 6) is -1.26. The fourth-order valence-corrected chi connectivity index (χ4v) is 4.75. The van der Waals surface area contributed by atoms with Gasteiger partial charge in [0.2, 0.25) is 0 Å². The number of nitrogens with zero attached hydrogens (tertiary/aromatic N) is 2. The summed E-state index contributed by atoms with van der Waals surface area (Å²) in [5, 5.41) is 0. The Morgan fingerprint density at radius 3 is 2.45 bits per heavy atom. The van der Waals surface area contributed by atoms with Crippen LogP contribution in [0.5, 0.6) is 0 Å². The zero-order chi connectivity index (χ0) is 20.7. The number of benzene rings is 2. The summed E-state index contributed by atoms with van der Waals surface area (Å²) >= 11 is 2.02. The molecule has 7 heteroatoms. The molecule has 0 saturated carbocycles. The topological polar surface area (TPSA) is 57.7 Å². The third-order valence-electron chi connectivity index (χ3n) is 5.78. The molecular formula is C22H20FIN2O3. The molecule has 0 spiro atoms. The van der Waals surface area contributed by atoms with Crippen LogP contribution in [-0.2, 0) is 0 Å². The largest absolute Gasteiger partial charge is 0.334 e. The van der Waals surface area contributed by atoms with E-state index < -0.39 is 5.82 Å². The van der Waals surface area contributed by atoms with Crippen LogP contribution in [0.3, 0.4) is 0 Å². The van der Waals surface area contributed by atoms with Crippen molar-refractivity contribution in [2.45, 2.75) is 25.8 Å². The molecule has 2 heterocycles. The van der Waals surface area contributed by atoms with E-state index in [1.807, 2.05) is 29.5 Å². The van der Waals surface area contributed by atoms with E-state index in [1.54, 1.807) is 35.2 Å². The van der Waals surface area contributed by atoms with Crippen LogP contribution in [-0.4, -0.2) is 46.7 Å². The fraction of sp³-hybridized carbons (Fsp3) is 0.318. The lowest BCUT2D eigenvalue weighted by Crippen LogP contribution is -2.54. The second-order valence-corrected chi connectivity index (χ2v) is 8.74. The quantitative estimate of drug-likeness (QED) is 0.468. The molecule has 2 aromatic rings. The molecule has 5 nitrogen and oxygen atoms in total. The SMILES string of the molecule is CC1CCCN(C(=O)c2cc(F)ccc2I)C1CN1C(=O)c2ccccc2C1=O. The maximum Gasteiger partial charge on any atom is 0.261 e. The molecule has 3 amide bonds. The van der Waals surface area contributed by atoms with Crippen LogP contribution >= 0.6 is 22.6 Å². The van der Waals surface area contributed by atoms with Crippen LogP contribution in [0.25, 0.3) is 0 Å². The van der Waals surface area contributed by atoms with Gasteiger partial charge in [0.1, 0.15) is 5.82 Å². The maximum atomic E-state index is 13.8. The van der Waals surface area contributed by atoms with Crippen molar-refractivity contribution in [1.82, 2.24) is 9.80 Å². The highest BCUT2D eigenvalue weighted by atomic mass is 127. The Morgan fingerprint density at radius 1 is 1.14 bits per heavy atom. The smallest absolute Gasteiger partial charge is 0.261 e. The molecule has 2 aliphatic rings. The normalized spacial score (nSPS) is 21.5. The van der Waals surface area contributed by atoms with Crippen molar-refractivity contribution in [2.75, 3.05) is 13.1 Å². The standard InChI is InChI=1S/C22H20FIN2O3/c1-13-5-4-10-25(22(29)17-11-14(23)8-9-18(17)24)19(13)12-26-20(27)15-6-2-3-7-16(15)21(26)28/h2-3,6-9,11,13,19H,4-5,10,12H2,1H3. The molecule has 0 bridgehead atoms. The van der Waals surface area contributed by atoms with Gasteiger partial charge in [-0.15, -0.1) is 0 Å². The number of imide groups is 1. The van der Waals surface area contributed by atoms with Crippen molar-refractivity contribution in [2.24, 2.45) is 5.92 Å². The Kier molecular flexibility index (Phi) is 5.42. The van der Waals surface area contributed by atoms with Gasteiger partial charge in [-0.05, 0) is 71.7 Å². The first-order valence-corrected chi connectivity index (χ1v) is 10.7. The zero-order valence-electron chi connectivity index (χ0n) is 15.9. The van der Waals surface area contributed by atoms with Gasteiger partial charge in [0.05, 0.1) is 29.3 Å². The number of piperidine rings is 1. The molecular weight excluding hydrogens is 486 g/mol. The van der Waals surface area contributed by atoms with Crippen LogP contribution in [0, 0.1) is 15.3 Å². The highest BCUT2D eigenvalue weighted by Gasteiger charge is 2.41. The fourth-order valence-electron chi connectivity index (χ4n) is 4.19. The third kappa shape index (κ3) is 3.56. The van der Waals surface area contributed by atoms with Crippen LogP contribution < -0.4 is 0 Å². The van der Waals surface area contributed by atoms with Gasteiger partial charge in [-0.2, -0.15) is 0 Å². The Labute approximate surface area is 182 Å². The molecule has 2 aromatic carbocycles. The molecule has 150 valence electrons. The Balaban J connectivity index is 1.63. The van der Waals surface area contributed by atoms with Crippen molar-refractivity contribution in [3.63, 3.8) is 0 Å². The average molecular weight is 506 g/mol. The second-order valence-electron chi connectivity index (χ2n) is 7.58. The molecule has 2 aliphatic heterocycles. The number of halogens is 2. The Morgan fingerprint density at radius 2 is 1.79 bits per heavy atom. The minimum absolute atomic E-state index is 0.114. The lowest BCUT2D eigenvalue weighted by atomic mass is 9.89. The highest BCUT2D eigenvalue weighted by molar-refractivity contribution is 14.1. The average Bonchev–Trinajstić information content (AvgIpc) is 2.96.